The van der Waals surface area contributed by atoms with Crippen LogP contribution in [0.1, 0.15) is 29.0 Å². The number of nitrogen functional groups attached to an aromatic ring is 1. The van der Waals surface area contributed by atoms with Crippen molar-refractivity contribution in [3.63, 3.8) is 0 Å². The van der Waals surface area contributed by atoms with Crippen molar-refractivity contribution < 1.29 is 4.79 Å². The Morgan fingerprint density at radius 3 is 3.00 bits per heavy atom. The molecule has 2 aromatic rings. The lowest BCUT2D eigenvalue weighted by atomic mass is 10.00. The van der Waals surface area contributed by atoms with E-state index in [2.05, 4.69) is 18.4 Å². The first-order valence-electron chi connectivity index (χ1n) is 6.86. The first-order chi connectivity index (χ1) is 9.66. The molecule has 1 aromatic heterocycles. The summed E-state index contributed by atoms with van der Waals surface area (Å²) >= 11 is 1.79. The largest absolute Gasteiger partial charge is 0.398 e. The van der Waals surface area contributed by atoms with Crippen LogP contribution in [0.15, 0.2) is 35.7 Å². The van der Waals surface area contributed by atoms with Crippen molar-refractivity contribution >= 4 is 22.9 Å². The molecule has 0 fully saturated rings. The lowest BCUT2D eigenvalue weighted by Crippen LogP contribution is -2.39. The molecule has 1 aliphatic rings. The van der Waals surface area contributed by atoms with Crippen LogP contribution < -0.4 is 5.73 Å². The van der Waals surface area contributed by atoms with Gasteiger partial charge in [0.1, 0.15) is 0 Å². The van der Waals surface area contributed by atoms with Crippen LogP contribution in [0.2, 0.25) is 0 Å². The molecule has 0 saturated carbocycles. The number of hydrogen-bond donors (Lipinski definition) is 1. The monoisotopic (exact) mass is 286 g/mol. The number of amides is 1. The summed E-state index contributed by atoms with van der Waals surface area (Å²) in [5, 5.41) is 2.12. The van der Waals surface area contributed by atoms with E-state index in [-0.39, 0.29) is 11.9 Å². The molecule has 2 heterocycles. The quantitative estimate of drug-likeness (QED) is 0.863. The van der Waals surface area contributed by atoms with Crippen LogP contribution in [0, 0.1) is 0 Å². The fourth-order valence-corrected chi connectivity index (χ4v) is 3.77. The fourth-order valence-electron chi connectivity index (χ4n) is 2.81. The molecule has 2 N–H and O–H groups in total. The minimum absolute atomic E-state index is 0.159. The van der Waals surface area contributed by atoms with Gasteiger partial charge in [0.05, 0.1) is 12.5 Å². The molecule has 0 radical (unpaired) electrons. The summed E-state index contributed by atoms with van der Waals surface area (Å²) in [6.07, 6.45) is 1.35. The highest BCUT2D eigenvalue weighted by Crippen LogP contribution is 2.33. The van der Waals surface area contributed by atoms with E-state index in [1.807, 2.05) is 29.2 Å². The zero-order valence-electron chi connectivity index (χ0n) is 11.5. The normalized spacial score (nSPS) is 17.9. The second-order valence-corrected chi connectivity index (χ2v) is 6.19. The molecule has 0 bridgehead atoms. The van der Waals surface area contributed by atoms with Crippen LogP contribution in [0.4, 0.5) is 5.69 Å². The van der Waals surface area contributed by atoms with Crippen molar-refractivity contribution in [2.45, 2.75) is 25.8 Å². The predicted molar refractivity (Wildman–Crippen MR) is 82.7 cm³/mol. The van der Waals surface area contributed by atoms with Crippen molar-refractivity contribution in [2.75, 3.05) is 12.3 Å². The number of nitrogens with zero attached hydrogens (tertiary/aromatic N) is 1. The maximum absolute atomic E-state index is 12.5. The average molecular weight is 286 g/mol. The Hall–Kier alpha value is -1.81. The van der Waals surface area contributed by atoms with Crippen LogP contribution >= 0.6 is 11.3 Å². The van der Waals surface area contributed by atoms with Crippen LogP contribution in [-0.2, 0) is 17.6 Å². The third-order valence-electron chi connectivity index (χ3n) is 3.99. The van der Waals surface area contributed by atoms with Gasteiger partial charge in [0.2, 0.25) is 5.91 Å². The van der Waals surface area contributed by atoms with Gasteiger partial charge in [-0.05, 0) is 42.0 Å². The molecule has 0 saturated heterocycles. The standard InChI is InChI=1S/C16H18N2OS/c1-11-13-7-9-20-15(13)6-8-18(11)16(19)10-12-4-2-3-5-14(12)17/h2-5,7,9,11H,6,8,10,17H2,1H3. The van der Waals surface area contributed by atoms with Gasteiger partial charge in [-0.3, -0.25) is 4.79 Å². The van der Waals surface area contributed by atoms with Crippen molar-refractivity contribution in [1.29, 1.82) is 0 Å². The summed E-state index contributed by atoms with van der Waals surface area (Å²) in [6, 6.07) is 9.90. The lowest BCUT2D eigenvalue weighted by molar-refractivity contribution is -0.133. The number of nitrogens with two attached hydrogens (primary N) is 1. The van der Waals surface area contributed by atoms with Gasteiger partial charge in [0, 0.05) is 17.1 Å². The second-order valence-electron chi connectivity index (χ2n) is 5.19. The van der Waals surface area contributed by atoms with E-state index >= 15 is 0 Å². The topological polar surface area (TPSA) is 46.3 Å². The van der Waals surface area contributed by atoms with Gasteiger partial charge in [0.25, 0.3) is 0 Å². The van der Waals surface area contributed by atoms with Crippen molar-refractivity contribution in [3.05, 3.63) is 51.7 Å². The number of benzene rings is 1. The van der Waals surface area contributed by atoms with E-state index in [4.69, 9.17) is 5.73 Å². The Balaban J connectivity index is 1.77. The van der Waals surface area contributed by atoms with Gasteiger partial charge >= 0.3 is 0 Å². The van der Waals surface area contributed by atoms with Crippen molar-refractivity contribution in [2.24, 2.45) is 0 Å². The number of carbonyl (C=O) groups excluding carboxylic acids is 1. The maximum Gasteiger partial charge on any atom is 0.227 e. The van der Waals surface area contributed by atoms with Gasteiger partial charge in [-0.2, -0.15) is 0 Å². The molecule has 1 unspecified atom stereocenters. The summed E-state index contributed by atoms with van der Waals surface area (Å²) in [7, 11) is 0. The number of carbonyl (C=O) groups is 1. The number of thiophene rings is 1. The predicted octanol–water partition coefficient (Wildman–Crippen LogP) is 3.02. The van der Waals surface area contributed by atoms with Gasteiger partial charge in [0.15, 0.2) is 0 Å². The van der Waals surface area contributed by atoms with E-state index < -0.39 is 0 Å². The third kappa shape index (κ3) is 2.31. The molecule has 0 spiro atoms. The van der Waals surface area contributed by atoms with E-state index in [0.717, 1.165) is 18.5 Å². The molecule has 1 atom stereocenters. The molecule has 0 aliphatic carbocycles. The summed E-state index contributed by atoms with van der Waals surface area (Å²) in [6.45, 7) is 2.91. The van der Waals surface area contributed by atoms with Gasteiger partial charge in [-0.25, -0.2) is 0 Å². The highest BCUT2D eigenvalue weighted by Gasteiger charge is 2.28. The van der Waals surface area contributed by atoms with Crippen LogP contribution in [0.5, 0.6) is 0 Å². The van der Waals surface area contributed by atoms with Crippen molar-refractivity contribution in [3.8, 4) is 0 Å². The van der Waals surface area contributed by atoms with E-state index in [1.54, 1.807) is 11.3 Å². The van der Waals surface area contributed by atoms with Crippen molar-refractivity contribution in [1.82, 2.24) is 4.90 Å². The lowest BCUT2D eigenvalue weighted by Gasteiger charge is -2.33. The molecule has 4 heteroatoms. The molecule has 104 valence electrons. The average Bonchev–Trinajstić information content (AvgIpc) is 2.91. The summed E-state index contributed by atoms with van der Waals surface area (Å²) in [5.41, 5.74) is 8.84. The minimum Gasteiger partial charge on any atom is -0.398 e. The number of para-hydroxylation sites is 1. The van der Waals surface area contributed by atoms with E-state index in [9.17, 15) is 4.79 Å². The van der Waals surface area contributed by atoms with Crippen LogP contribution in [-0.4, -0.2) is 17.4 Å². The molecule has 3 rings (SSSR count). The smallest absolute Gasteiger partial charge is 0.227 e. The third-order valence-corrected chi connectivity index (χ3v) is 4.99. The number of fused-ring (bicyclic) bond motifs is 1. The van der Waals surface area contributed by atoms with E-state index in [0.29, 0.717) is 12.1 Å². The zero-order valence-corrected chi connectivity index (χ0v) is 12.3. The Morgan fingerprint density at radius 2 is 2.20 bits per heavy atom. The molecular formula is C16H18N2OS. The van der Waals surface area contributed by atoms with Crippen LogP contribution in [0.3, 0.4) is 0 Å². The Labute approximate surface area is 123 Å². The molecular weight excluding hydrogens is 268 g/mol. The SMILES string of the molecule is CC1c2ccsc2CCN1C(=O)Cc1ccccc1N. The number of hydrogen-bond acceptors (Lipinski definition) is 3. The second kappa shape index (κ2) is 5.29. The van der Waals surface area contributed by atoms with E-state index in [1.165, 1.54) is 10.4 Å². The van der Waals surface area contributed by atoms with Gasteiger partial charge < -0.3 is 10.6 Å². The summed E-state index contributed by atoms with van der Waals surface area (Å²) < 4.78 is 0. The Bertz CT molecular complexity index is 635. The van der Waals surface area contributed by atoms with Crippen LogP contribution in [0.25, 0.3) is 0 Å². The summed E-state index contributed by atoms with van der Waals surface area (Å²) in [4.78, 5) is 15.9. The fraction of sp³-hybridized carbons (Fsp3) is 0.312. The first-order valence-corrected chi connectivity index (χ1v) is 7.74. The summed E-state index contributed by atoms with van der Waals surface area (Å²) in [5.74, 6) is 0.159. The molecule has 1 aromatic carbocycles. The zero-order chi connectivity index (χ0) is 14.1. The number of anilines is 1. The first kappa shape index (κ1) is 13.2. The molecule has 1 aliphatic heterocycles. The highest BCUT2D eigenvalue weighted by molar-refractivity contribution is 7.10. The molecule has 20 heavy (non-hydrogen) atoms. The minimum atomic E-state index is 0.159. The Morgan fingerprint density at radius 1 is 1.40 bits per heavy atom. The number of rotatable bonds is 2. The van der Waals surface area contributed by atoms with Gasteiger partial charge in [-0.1, -0.05) is 18.2 Å². The highest BCUT2D eigenvalue weighted by atomic mass is 32.1. The molecule has 3 nitrogen and oxygen atoms in total. The maximum atomic E-state index is 12.5. The van der Waals surface area contributed by atoms with Gasteiger partial charge in [-0.15, -0.1) is 11.3 Å². The Kier molecular flexibility index (Phi) is 3.49. The molecule has 1 amide bonds.